The van der Waals surface area contributed by atoms with Crippen molar-refractivity contribution >= 4 is 46.8 Å². The van der Waals surface area contributed by atoms with Crippen LogP contribution in [0.1, 0.15) is 12.5 Å². The SMILES string of the molecule is COc1ccc(NC(=O)[C@H](C)OC(=O)/C=C/c2ccc(Cl)cc2Cl)cc1. The summed E-state index contributed by atoms with van der Waals surface area (Å²) in [5.41, 5.74) is 1.19. The molecule has 0 aliphatic rings. The molecule has 0 heterocycles. The van der Waals surface area contributed by atoms with Crippen LogP contribution in [-0.2, 0) is 14.3 Å². The lowest BCUT2D eigenvalue weighted by atomic mass is 10.2. The van der Waals surface area contributed by atoms with Crippen molar-refractivity contribution in [2.45, 2.75) is 13.0 Å². The Kier molecular flexibility index (Phi) is 7.06. The third-order valence-corrected chi connectivity index (χ3v) is 3.94. The molecule has 5 nitrogen and oxygen atoms in total. The largest absolute Gasteiger partial charge is 0.497 e. The second-order valence-electron chi connectivity index (χ2n) is 5.30. The Morgan fingerprint density at radius 2 is 1.81 bits per heavy atom. The van der Waals surface area contributed by atoms with E-state index in [0.717, 1.165) is 0 Å². The third-order valence-electron chi connectivity index (χ3n) is 3.38. The number of halogens is 2. The summed E-state index contributed by atoms with van der Waals surface area (Å²) in [5.74, 6) is -0.427. The molecule has 136 valence electrons. The monoisotopic (exact) mass is 393 g/mol. The van der Waals surface area contributed by atoms with Crippen LogP contribution in [0.3, 0.4) is 0 Å². The minimum atomic E-state index is -0.963. The molecule has 0 saturated heterocycles. The van der Waals surface area contributed by atoms with E-state index in [1.165, 1.54) is 19.1 Å². The second kappa shape index (κ2) is 9.27. The average molecular weight is 394 g/mol. The lowest BCUT2D eigenvalue weighted by molar-refractivity contribution is -0.148. The Balaban J connectivity index is 1.90. The van der Waals surface area contributed by atoms with Crippen LogP contribution < -0.4 is 10.1 Å². The number of benzene rings is 2. The van der Waals surface area contributed by atoms with Crippen LogP contribution in [-0.4, -0.2) is 25.1 Å². The van der Waals surface area contributed by atoms with Crippen LogP contribution in [0.4, 0.5) is 5.69 Å². The maximum absolute atomic E-state index is 12.1. The number of ether oxygens (including phenoxy) is 2. The van der Waals surface area contributed by atoms with Gasteiger partial charge in [0.25, 0.3) is 5.91 Å². The molecule has 0 spiro atoms. The third kappa shape index (κ3) is 5.79. The van der Waals surface area contributed by atoms with Crippen LogP contribution in [0.15, 0.2) is 48.5 Å². The fraction of sp³-hybridized carbons (Fsp3) is 0.158. The first-order valence-electron chi connectivity index (χ1n) is 7.67. The van der Waals surface area contributed by atoms with E-state index in [9.17, 15) is 9.59 Å². The first-order valence-corrected chi connectivity index (χ1v) is 8.43. The summed E-state index contributed by atoms with van der Waals surface area (Å²) in [5, 5.41) is 3.56. The number of nitrogens with one attached hydrogen (secondary N) is 1. The molecule has 0 aliphatic heterocycles. The van der Waals surface area contributed by atoms with Gasteiger partial charge in [-0.2, -0.15) is 0 Å². The minimum Gasteiger partial charge on any atom is -0.497 e. The molecule has 0 bridgehead atoms. The number of hydrogen-bond donors (Lipinski definition) is 1. The van der Waals surface area contributed by atoms with Gasteiger partial charge < -0.3 is 14.8 Å². The number of anilines is 1. The lowest BCUT2D eigenvalue weighted by Gasteiger charge is -2.12. The molecule has 7 heteroatoms. The van der Waals surface area contributed by atoms with Crippen LogP contribution in [0.25, 0.3) is 6.08 Å². The number of methoxy groups -OCH3 is 1. The van der Waals surface area contributed by atoms with Crippen molar-refractivity contribution in [1.82, 2.24) is 0 Å². The maximum atomic E-state index is 12.1. The zero-order chi connectivity index (χ0) is 19.1. The Bertz CT molecular complexity index is 819. The number of rotatable bonds is 6. The van der Waals surface area contributed by atoms with Crippen molar-refractivity contribution < 1.29 is 19.1 Å². The van der Waals surface area contributed by atoms with Crippen molar-refractivity contribution in [3.63, 3.8) is 0 Å². The number of esters is 1. The fourth-order valence-electron chi connectivity index (χ4n) is 1.98. The summed E-state index contributed by atoms with van der Waals surface area (Å²) in [6.45, 7) is 1.49. The summed E-state index contributed by atoms with van der Waals surface area (Å²) in [6, 6.07) is 11.7. The average Bonchev–Trinajstić information content (AvgIpc) is 2.61. The van der Waals surface area contributed by atoms with E-state index in [1.54, 1.807) is 49.6 Å². The molecule has 0 saturated carbocycles. The van der Waals surface area contributed by atoms with Gasteiger partial charge in [-0.15, -0.1) is 0 Å². The van der Waals surface area contributed by atoms with Gasteiger partial charge in [-0.1, -0.05) is 29.3 Å². The molecule has 0 unspecified atom stereocenters. The maximum Gasteiger partial charge on any atom is 0.331 e. The Morgan fingerprint density at radius 3 is 2.42 bits per heavy atom. The van der Waals surface area contributed by atoms with Crippen LogP contribution in [0.5, 0.6) is 5.75 Å². The van der Waals surface area contributed by atoms with Gasteiger partial charge in [0, 0.05) is 21.8 Å². The summed E-state index contributed by atoms with van der Waals surface area (Å²) < 4.78 is 10.1. The molecular weight excluding hydrogens is 377 g/mol. The van der Waals surface area contributed by atoms with E-state index in [2.05, 4.69) is 5.32 Å². The minimum absolute atomic E-state index is 0.409. The van der Waals surface area contributed by atoms with Gasteiger partial charge in [-0.25, -0.2) is 4.79 Å². The van der Waals surface area contributed by atoms with Gasteiger partial charge in [0.1, 0.15) is 5.75 Å². The molecule has 1 N–H and O–H groups in total. The molecule has 0 fully saturated rings. The summed E-state index contributed by atoms with van der Waals surface area (Å²) >= 11 is 11.8. The van der Waals surface area contributed by atoms with Crippen molar-refractivity contribution in [2.75, 3.05) is 12.4 Å². The topological polar surface area (TPSA) is 64.6 Å². The highest BCUT2D eigenvalue weighted by atomic mass is 35.5. The molecule has 0 aromatic heterocycles. The molecule has 1 atom stereocenters. The van der Waals surface area contributed by atoms with E-state index in [1.807, 2.05) is 0 Å². The van der Waals surface area contributed by atoms with Crippen molar-refractivity contribution in [2.24, 2.45) is 0 Å². The molecule has 1 amide bonds. The van der Waals surface area contributed by atoms with E-state index in [0.29, 0.717) is 27.0 Å². The molecule has 2 rings (SSSR count). The predicted molar refractivity (Wildman–Crippen MR) is 103 cm³/mol. The summed E-state index contributed by atoms with van der Waals surface area (Å²) in [7, 11) is 1.56. The highest BCUT2D eigenvalue weighted by Crippen LogP contribution is 2.22. The Morgan fingerprint density at radius 1 is 1.12 bits per heavy atom. The van der Waals surface area contributed by atoms with Gasteiger partial charge in [-0.3, -0.25) is 4.79 Å². The second-order valence-corrected chi connectivity index (χ2v) is 6.14. The molecule has 0 radical (unpaired) electrons. The Hall–Kier alpha value is -2.50. The van der Waals surface area contributed by atoms with Crippen LogP contribution in [0, 0.1) is 0 Å². The predicted octanol–water partition coefficient (Wildman–Crippen LogP) is 4.59. The zero-order valence-electron chi connectivity index (χ0n) is 14.2. The first-order chi connectivity index (χ1) is 12.4. The zero-order valence-corrected chi connectivity index (χ0v) is 15.7. The summed E-state index contributed by atoms with van der Waals surface area (Å²) in [6.07, 6.45) is 1.73. The van der Waals surface area contributed by atoms with Crippen molar-refractivity contribution in [1.29, 1.82) is 0 Å². The van der Waals surface area contributed by atoms with Gasteiger partial charge in [0.15, 0.2) is 6.10 Å². The van der Waals surface area contributed by atoms with Gasteiger partial charge in [0.2, 0.25) is 0 Å². The molecule has 0 aliphatic carbocycles. The van der Waals surface area contributed by atoms with E-state index < -0.39 is 18.0 Å². The highest BCUT2D eigenvalue weighted by Gasteiger charge is 2.16. The van der Waals surface area contributed by atoms with Gasteiger partial charge >= 0.3 is 5.97 Å². The van der Waals surface area contributed by atoms with E-state index in [-0.39, 0.29) is 0 Å². The molecule has 2 aromatic carbocycles. The number of carbonyl (C=O) groups is 2. The lowest BCUT2D eigenvalue weighted by Crippen LogP contribution is -2.29. The first kappa shape index (κ1) is 19.8. The van der Waals surface area contributed by atoms with Crippen molar-refractivity contribution in [3.8, 4) is 5.75 Å². The normalized spacial score (nSPS) is 11.8. The van der Waals surface area contributed by atoms with Gasteiger partial charge in [0.05, 0.1) is 7.11 Å². The van der Waals surface area contributed by atoms with Gasteiger partial charge in [-0.05, 0) is 55.0 Å². The standard InChI is InChI=1S/C19H17Cl2NO4/c1-12(19(24)22-15-6-8-16(25-2)9-7-15)26-18(23)10-4-13-3-5-14(20)11-17(13)21/h3-12H,1-2H3,(H,22,24)/b10-4+/t12-/m0/s1. The fourth-order valence-corrected chi connectivity index (χ4v) is 2.45. The molecule has 2 aromatic rings. The van der Waals surface area contributed by atoms with E-state index in [4.69, 9.17) is 32.7 Å². The number of carbonyl (C=O) groups excluding carboxylic acids is 2. The molecule has 26 heavy (non-hydrogen) atoms. The number of hydrogen-bond acceptors (Lipinski definition) is 4. The smallest absolute Gasteiger partial charge is 0.331 e. The quantitative estimate of drug-likeness (QED) is 0.575. The highest BCUT2D eigenvalue weighted by molar-refractivity contribution is 6.35. The summed E-state index contributed by atoms with van der Waals surface area (Å²) in [4.78, 5) is 24.0. The van der Waals surface area contributed by atoms with E-state index >= 15 is 0 Å². The number of amides is 1. The van der Waals surface area contributed by atoms with Crippen LogP contribution >= 0.6 is 23.2 Å². The molecular formula is C19H17Cl2NO4. The van der Waals surface area contributed by atoms with Crippen molar-refractivity contribution in [3.05, 3.63) is 64.1 Å². The Labute approximate surface area is 161 Å². The van der Waals surface area contributed by atoms with Crippen LogP contribution in [0.2, 0.25) is 10.0 Å².